The number of hydrogen-bond donors (Lipinski definition) is 1. The van der Waals surface area contributed by atoms with E-state index in [-0.39, 0.29) is 16.9 Å². The molecule has 2 aromatic rings. The predicted molar refractivity (Wildman–Crippen MR) is 66.3 cm³/mol. The van der Waals surface area contributed by atoms with Crippen molar-refractivity contribution < 1.29 is 23.0 Å². The monoisotopic (exact) mass is 283 g/mol. The lowest BCUT2D eigenvalue weighted by molar-refractivity contribution is -0.248. The van der Waals surface area contributed by atoms with Gasteiger partial charge in [-0.1, -0.05) is 24.3 Å². The van der Waals surface area contributed by atoms with E-state index in [9.17, 15) is 18.3 Å². The molecule has 2 rings (SSSR count). The van der Waals surface area contributed by atoms with E-state index < -0.39 is 11.8 Å². The van der Waals surface area contributed by atoms with Gasteiger partial charge in [0, 0.05) is 23.5 Å². The molecule has 0 amide bonds. The van der Waals surface area contributed by atoms with Gasteiger partial charge in [-0.15, -0.1) is 0 Å². The number of nitrogens with zero attached hydrogens (tertiary/aromatic N) is 1. The summed E-state index contributed by atoms with van der Waals surface area (Å²) >= 11 is 0. The van der Waals surface area contributed by atoms with Crippen LogP contribution in [-0.2, 0) is 5.60 Å². The van der Waals surface area contributed by atoms with E-state index in [2.05, 4.69) is 4.98 Å². The third-order valence-corrected chi connectivity index (χ3v) is 2.99. The Labute approximate surface area is 113 Å². The van der Waals surface area contributed by atoms with Crippen molar-refractivity contribution in [2.75, 3.05) is 7.11 Å². The Hall–Kier alpha value is -2.08. The number of aliphatic hydroxyl groups is 1. The summed E-state index contributed by atoms with van der Waals surface area (Å²) < 4.78 is 45.3. The number of alkyl halides is 3. The van der Waals surface area contributed by atoms with Crippen molar-refractivity contribution in [3.63, 3.8) is 0 Å². The normalized spacial score (nSPS) is 14.7. The first-order valence-electron chi connectivity index (χ1n) is 5.74. The van der Waals surface area contributed by atoms with Crippen LogP contribution in [0.4, 0.5) is 13.2 Å². The summed E-state index contributed by atoms with van der Waals surface area (Å²) in [4.78, 5) is 3.64. The zero-order valence-electron chi connectivity index (χ0n) is 10.6. The van der Waals surface area contributed by atoms with Crippen LogP contribution in [0.1, 0.15) is 11.1 Å². The van der Waals surface area contributed by atoms with Crippen molar-refractivity contribution in [2.24, 2.45) is 0 Å². The van der Waals surface area contributed by atoms with Crippen molar-refractivity contribution in [2.45, 2.75) is 11.8 Å². The highest BCUT2D eigenvalue weighted by molar-refractivity contribution is 5.45. The molecular formula is C14H12F3NO2. The van der Waals surface area contributed by atoms with Crippen molar-refractivity contribution in [1.82, 2.24) is 4.98 Å². The van der Waals surface area contributed by atoms with Gasteiger partial charge in [-0.2, -0.15) is 13.2 Å². The number of pyridine rings is 1. The zero-order chi connectivity index (χ0) is 14.8. The van der Waals surface area contributed by atoms with E-state index in [0.717, 1.165) is 6.20 Å². The van der Waals surface area contributed by atoms with E-state index in [1.165, 1.54) is 49.7 Å². The molecule has 1 aromatic heterocycles. The minimum atomic E-state index is -4.91. The molecule has 1 N–H and O–H groups in total. The van der Waals surface area contributed by atoms with Gasteiger partial charge in [0.25, 0.3) is 0 Å². The molecule has 0 fully saturated rings. The van der Waals surface area contributed by atoms with E-state index in [1.807, 2.05) is 0 Å². The summed E-state index contributed by atoms with van der Waals surface area (Å²) in [7, 11) is 1.25. The fourth-order valence-corrected chi connectivity index (χ4v) is 1.99. The lowest BCUT2D eigenvalue weighted by Gasteiger charge is -2.32. The number of methoxy groups -OCH3 is 1. The number of hydrogen-bond acceptors (Lipinski definition) is 3. The summed E-state index contributed by atoms with van der Waals surface area (Å²) in [6.07, 6.45) is -2.59. The quantitative estimate of drug-likeness (QED) is 0.941. The average molecular weight is 283 g/mol. The molecule has 0 aliphatic heterocycles. The maximum absolute atomic E-state index is 13.5. The topological polar surface area (TPSA) is 42.4 Å². The molecule has 0 aliphatic rings. The molecule has 0 bridgehead atoms. The largest absolute Gasteiger partial charge is 0.496 e. The standard InChI is InChI=1S/C14H12F3NO2/c1-20-12-7-3-2-6-11(12)13(19,14(15,16)17)10-5-4-8-18-9-10/h2-9,19H,1H3. The molecular weight excluding hydrogens is 271 g/mol. The van der Waals surface area contributed by atoms with Gasteiger partial charge < -0.3 is 9.84 Å². The van der Waals surface area contributed by atoms with Crippen LogP contribution < -0.4 is 4.74 Å². The highest BCUT2D eigenvalue weighted by atomic mass is 19.4. The van der Waals surface area contributed by atoms with Gasteiger partial charge in [0.2, 0.25) is 5.60 Å². The van der Waals surface area contributed by atoms with Gasteiger partial charge in [-0.05, 0) is 12.1 Å². The zero-order valence-corrected chi connectivity index (χ0v) is 10.6. The first kappa shape index (κ1) is 14.3. The smallest absolute Gasteiger partial charge is 0.425 e. The Morgan fingerprint density at radius 2 is 1.80 bits per heavy atom. The molecule has 3 nitrogen and oxygen atoms in total. The maximum Gasteiger partial charge on any atom is 0.425 e. The molecule has 0 saturated carbocycles. The Bertz CT molecular complexity index is 586. The number of halogens is 3. The number of ether oxygens (including phenoxy) is 1. The number of aromatic nitrogens is 1. The Kier molecular flexibility index (Phi) is 3.67. The van der Waals surface area contributed by atoms with Crippen LogP contribution in [0.2, 0.25) is 0 Å². The second-order valence-electron chi connectivity index (χ2n) is 4.15. The summed E-state index contributed by atoms with van der Waals surface area (Å²) in [6, 6.07) is 7.99. The number of benzene rings is 1. The van der Waals surface area contributed by atoms with Crippen LogP contribution in [0.15, 0.2) is 48.8 Å². The van der Waals surface area contributed by atoms with Crippen LogP contribution in [0.25, 0.3) is 0 Å². The third kappa shape index (κ3) is 2.22. The minimum absolute atomic E-state index is 0.0452. The molecule has 0 radical (unpaired) electrons. The molecule has 1 heterocycles. The molecule has 1 aromatic carbocycles. The Morgan fingerprint density at radius 3 is 2.35 bits per heavy atom. The first-order valence-corrected chi connectivity index (χ1v) is 5.74. The Balaban J connectivity index is 2.72. The summed E-state index contributed by atoms with van der Waals surface area (Å²) in [6.45, 7) is 0. The summed E-state index contributed by atoms with van der Waals surface area (Å²) in [5.74, 6) is -0.0452. The third-order valence-electron chi connectivity index (χ3n) is 2.99. The van der Waals surface area contributed by atoms with Gasteiger partial charge in [-0.25, -0.2) is 0 Å². The number of rotatable bonds is 3. The van der Waals surface area contributed by atoms with Crippen molar-refractivity contribution in [3.05, 3.63) is 59.9 Å². The highest BCUT2D eigenvalue weighted by Gasteiger charge is 2.57. The molecule has 20 heavy (non-hydrogen) atoms. The molecule has 0 saturated heterocycles. The predicted octanol–water partition coefficient (Wildman–Crippen LogP) is 2.89. The second kappa shape index (κ2) is 5.13. The molecule has 1 unspecified atom stereocenters. The molecule has 106 valence electrons. The Morgan fingerprint density at radius 1 is 1.10 bits per heavy atom. The van der Waals surface area contributed by atoms with Crippen LogP contribution >= 0.6 is 0 Å². The maximum atomic E-state index is 13.5. The van der Waals surface area contributed by atoms with Gasteiger partial charge >= 0.3 is 6.18 Å². The van der Waals surface area contributed by atoms with Crippen molar-refractivity contribution in [1.29, 1.82) is 0 Å². The first-order chi connectivity index (χ1) is 9.41. The van der Waals surface area contributed by atoms with E-state index >= 15 is 0 Å². The average Bonchev–Trinajstić information content (AvgIpc) is 2.46. The van der Waals surface area contributed by atoms with Gasteiger partial charge in [-0.3, -0.25) is 4.98 Å². The van der Waals surface area contributed by atoms with Crippen LogP contribution in [0.5, 0.6) is 5.75 Å². The van der Waals surface area contributed by atoms with E-state index in [1.54, 1.807) is 0 Å². The van der Waals surface area contributed by atoms with Gasteiger partial charge in [0.1, 0.15) is 5.75 Å². The summed E-state index contributed by atoms with van der Waals surface area (Å²) in [5, 5.41) is 10.4. The highest BCUT2D eigenvalue weighted by Crippen LogP contribution is 2.46. The fourth-order valence-electron chi connectivity index (χ4n) is 1.99. The number of para-hydroxylation sites is 1. The molecule has 6 heteroatoms. The molecule has 0 spiro atoms. The summed E-state index contributed by atoms with van der Waals surface area (Å²) in [5.41, 5.74) is -3.91. The van der Waals surface area contributed by atoms with E-state index in [4.69, 9.17) is 4.74 Å². The molecule has 0 aliphatic carbocycles. The van der Waals surface area contributed by atoms with Crippen LogP contribution in [-0.4, -0.2) is 23.4 Å². The minimum Gasteiger partial charge on any atom is -0.496 e. The molecule has 1 atom stereocenters. The van der Waals surface area contributed by atoms with E-state index in [0.29, 0.717) is 0 Å². The SMILES string of the molecule is COc1ccccc1C(O)(c1cccnc1)C(F)(F)F. The lowest BCUT2D eigenvalue weighted by atomic mass is 9.86. The van der Waals surface area contributed by atoms with Gasteiger partial charge in [0.15, 0.2) is 0 Å². The lowest BCUT2D eigenvalue weighted by Crippen LogP contribution is -2.43. The fraction of sp³-hybridized carbons (Fsp3) is 0.214. The second-order valence-corrected chi connectivity index (χ2v) is 4.15. The van der Waals surface area contributed by atoms with Crippen LogP contribution in [0, 0.1) is 0 Å². The van der Waals surface area contributed by atoms with Gasteiger partial charge in [0.05, 0.1) is 7.11 Å². The van der Waals surface area contributed by atoms with Crippen LogP contribution in [0.3, 0.4) is 0 Å². The van der Waals surface area contributed by atoms with Crippen molar-refractivity contribution in [3.8, 4) is 5.75 Å². The van der Waals surface area contributed by atoms with Crippen molar-refractivity contribution >= 4 is 0 Å².